The summed E-state index contributed by atoms with van der Waals surface area (Å²) in [7, 11) is 1.88. The summed E-state index contributed by atoms with van der Waals surface area (Å²) in [4.78, 5) is 29.7. The number of rotatable bonds is 4. The second-order valence-corrected chi connectivity index (χ2v) is 6.60. The molecule has 1 fully saturated rings. The number of fused-ring (bicyclic) bond motifs is 1. The molecular formula is C17H18N6O3. The fourth-order valence-electron chi connectivity index (χ4n) is 3.55. The highest BCUT2D eigenvalue weighted by atomic mass is 16.6. The zero-order chi connectivity index (χ0) is 18.3. The number of anilines is 1. The molecule has 0 aromatic carbocycles. The molecule has 9 nitrogen and oxygen atoms in total. The van der Waals surface area contributed by atoms with Crippen LogP contribution in [0, 0.1) is 16.0 Å². The van der Waals surface area contributed by atoms with E-state index in [1.165, 1.54) is 10.6 Å². The molecule has 3 aromatic heterocycles. The van der Waals surface area contributed by atoms with Gasteiger partial charge in [-0.05, 0) is 36.5 Å². The van der Waals surface area contributed by atoms with Crippen molar-refractivity contribution in [2.45, 2.75) is 12.8 Å². The molecule has 0 radical (unpaired) electrons. The Labute approximate surface area is 148 Å². The van der Waals surface area contributed by atoms with Gasteiger partial charge in [0, 0.05) is 32.5 Å². The van der Waals surface area contributed by atoms with E-state index in [9.17, 15) is 14.9 Å². The number of pyridine rings is 1. The Balaban J connectivity index is 1.67. The molecule has 0 saturated carbocycles. The first-order valence-corrected chi connectivity index (χ1v) is 8.41. The quantitative estimate of drug-likeness (QED) is 0.519. The van der Waals surface area contributed by atoms with Crippen molar-refractivity contribution in [1.29, 1.82) is 0 Å². The summed E-state index contributed by atoms with van der Waals surface area (Å²) in [5, 5.41) is 15.7. The summed E-state index contributed by atoms with van der Waals surface area (Å²) >= 11 is 0. The normalized spacial score (nSPS) is 17.1. The van der Waals surface area contributed by atoms with E-state index in [2.05, 4.69) is 10.1 Å². The number of aromatic nitrogens is 4. The summed E-state index contributed by atoms with van der Waals surface area (Å²) < 4.78 is 2.98. The Hall–Kier alpha value is -3.23. The Morgan fingerprint density at radius 1 is 1.38 bits per heavy atom. The van der Waals surface area contributed by atoms with Crippen molar-refractivity contribution in [2.24, 2.45) is 13.0 Å². The van der Waals surface area contributed by atoms with Crippen molar-refractivity contribution in [3.05, 3.63) is 62.8 Å². The smallest absolute Gasteiger partial charge is 0.350 e. The van der Waals surface area contributed by atoms with Crippen LogP contribution < -0.4 is 10.5 Å². The minimum atomic E-state index is -0.647. The van der Waals surface area contributed by atoms with Crippen LogP contribution in [-0.4, -0.2) is 37.2 Å². The lowest BCUT2D eigenvalue weighted by molar-refractivity contribution is -0.385. The molecule has 3 aromatic rings. The standard InChI is InChI=1S/C17H18N6O3/c1-20-10-13(9-18-20)8-12-5-7-21(11-12)16-15(23(25)26)17(24)22-6-3-2-4-14(22)19-16/h2-4,6,9-10,12H,5,7-8,11H2,1H3. The highest BCUT2D eigenvalue weighted by molar-refractivity contribution is 5.61. The molecular weight excluding hydrogens is 336 g/mol. The van der Waals surface area contributed by atoms with Crippen LogP contribution in [0.5, 0.6) is 0 Å². The lowest BCUT2D eigenvalue weighted by atomic mass is 10.0. The van der Waals surface area contributed by atoms with E-state index < -0.39 is 16.2 Å². The van der Waals surface area contributed by atoms with Crippen molar-refractivity contribution in [3.8, 4) is 0 Å². The maximum Gasteiger partial charge on any atom is 0.376 e. The molecule has 0 N–H and O–H groups in total. The van der Waals surface area contributed by atoms with E-state index in [1.54, 1.807) is 22.9 Å². The number of nitrogens with zero attached hydrogens (tertiary/aromatic N) is 6. The maximum atomic E-state index is 12.6. The Bertz CT molecular complexity index is 1040. The Kier molecular flexibility index (Phi) is 3.90. The molecule has 1 atom stereocenters. The lowest BCUT2D eigenvalue weighted by Gasteiger charge is -2.17. The fourth-order valence-corrected chi connectivity index (χ4v) is 3.55. The molecule has 4 heterocycles. The third-order valence-electron chi connectivity index (χ3n) is 4.74. The van der Waals surface area contributed by atoms with Gasteiger partial charge in [-0.2, -0.15) is 5.10 Å². The number of hydrogen-bond acceptors (Lipinski definition) is 6. The first kappa shape index (κ1) is 16.2. The van der Waals surface area contributed by atoms with Crippen LogP contribution >= 0.6 is 0 Å². The van der Waals surface area contributed by atoms with Gasteiger partial charge in [-0.15, -0.1) is 0 Å². The highest BCUT2D eigenvalue weighted by Gasteiger charge is 2.32. The average molecular weight is 354 g/mol. The second kappa shape index (κ2) is 6.25. The molecule has 0 amide bonds. The third-order valence-corrected chi connectivity index (χ3v) is 4.74. The van der Waals surface area contributed by atoms with Gasteiger partial charge in [0.2, 0.25) is 5.82 Å². The summed E-state index contributed by atoms with van der Waals surface area (Å²) in [6.07, 6.45) is 7.06. The molecule has 1 aliphatic heterocycles. The predicted molar refractivity (Wildman–Crippen MR) is 95.3 cm³/mol. The fraction of sp³-hybridized carbons (Fsp3) is 0.353. The molecule has 134 valence electrons. The topological polar surface area (TPSA) is 98.6 Å². The predicted octanol–water partition coefficient (Wildman–Crippen LogP) is 1.41. The van der Waals surface area contributed by atoms with Gasteiger partial charge in [-0.25, -0.2) is 4.98 Å². The first-order chi connectivity index (χ1) is 12.5. The highest BCUT2D eigenvalue weighted by Crippen LogP contribution is 2.29. The Morgan fingerprint density at radius 2 is 2.23 bits per heavy atom. The van der Waals surface area contributed by atoms with Gasteiger partial charge in [0.15, 0.2) is 0 Å². The van der Waals surface area contributed by atoms with Gasteiger partial charge in [-0.3, -0.25) is 24.0 Å². The molecule has 1 unspecified atom stereocenters. The van der Waals surface area contributed by atoms with Crippen molar-refractivity contribution < 1.29 is 4.92 Å². The van der Waals surface area contributed by atoms with Crippen LogP contribution in [0.1, 0.15) is 12.0 Å². The van der Waals surface area contributed by atoms with Crippen LogP contribution in [-0.2, 0) is 13.5 Å². The lowest BCUT2D eigenvalue weighted by Crippen LogP contribution is -2.28. The van der Waals surface area contributed by atoms with Crippen molar-refractivity contribution in [3.63, 3.8) is 0 Å². The van der Waals surface area contributed by atoms with Crippen LogP contribution in [0.4, 0.5) is 11.5 Å². The van der Waals surface area contributed by atoms with Crippen LogP contribution in [0.3, 0.4) is 0 Å². The Morgan fingerprint density at radius 3 is 2.96 bits per heavy atom. The molecule has 26 heavy (non-hydrogen) atoms. The van der Waals surface area contributed by atoms with Gasteiger partial charge in [0.25, 0.3) is 0 Å². The van der Waals surface area contributed by atoms with Gasteiger partial charge in [0.1, 0.15) is 5.65 Å². The van der Waals surface area contributed by atoms with E-state index in [0.717, 1.165) is 18.4 Å². The third kappa shape index (κ3) is 2.81. The molecule has 0 spiro atoms. The summed E-state index contributed by atoms with van der Waals surface area (Å²) in [5.74, 6) is 0.509. The van der Waals surface area contributed by atoms with E-state index in [0.29, 0.717) is 24.7 Å². The molecule has 1 aliphatic rings. The number of hydrogen-bond donors (Lipinski definition) is 0. The van der Waals surface area contributed by atoms with E-state index in [-0.39, 0.29) is 5.82 Å². The monoisotopic (exact) mass is 354 g/mol. The van der Waals surface area contributed by atoms with E-state index >= 15 is 0 Å². The molecule has 4 rings (SSSR count). The number of aryl methyl sites for hydroxylation is 1. The van der Waals surface area contributed by atoms with Gasteiger partial charge in [-0.1, -0.05) is 6.07 Å². The van der Waals surface area contributed by atoms with Crippen LogP contribution in [0.25, 0.3) is 5.65 Å². The number of nitro groups is 1. The molecule has 0 aliphatic carbocycles. The summed E-state index contributed by atoms with van der Waals surface area (Å²) in [6.45, 7) is 1.27. The molecule has 9 heteroatoms. The summed E-state index contributed by atoms with van der Waals surface area (Å²) in [5.41, 5.74) is 0.441. The van der Waals surface area contributed by atoms with Crippen molar-refractivity contribution in [2.75, 3.05) is 18.0 Å². The largest absolute Gasteiger partial charge is 0.376 e. The molecule has 0 bridgehead atoms. The minimum Gasteiger partial charge on any atom is -0.350 e. The van der Waals surface area contributed by atoms with Crippen LogP contribution in [0.2, 0.25) is 0 Å². The van der Waals surface area contributed by atoms with Gasteiger partial charge < -0.3 is 4.90 Å². The van der Waals surface area contributed by atoms with Gasteiger partial charge in [0.05, 0.1) is 11.1 Å². The maximum absolute atomic E-state index is 12.6. The SMILES string of the molecule is Cn1cc(CC2CCN(c3nc4ccccn4c(=O)c3[N+](=O)[O-])C2)cn1. The zero-order valence-electron chi connectivity index (χ0n) is 14.3. The van der Waals surface area contributed by atoms with Crippen molar-refractivity contribution in [1.82, 2.24) is 19.2 Å². The molecule has 1 saturated heterocycles. The summed E-state index contributed by atoms with van der Waals surface area (Å²) in [6, 6.07) is 5.09. The average Bonchev–Trinajstić information content (AvgIpc) is 3.24. The first-order valence-electron chi connectivity index (χ1n) is 8.41. The van der Waals surface area contributed by atoms with E-state index in [4.69, 9.17) is 0 Å². The van der Waals surface area contributed by atoms with Crippen molar-refractivity contribution >= 4 is 17.2 Å². The van der Waals surface area contributed by atoms with E-state index in [1.807, 2.05) is 24.3 Å². The second-order valence-electron chi connectivity index (χ2n) is 6.60. The zero-order valence-corrected chi connectivity index (χ0v) is 14.3. The minimum absolute atomic E-state index is 0.167. The van der Waals surface area contributed by atoms with Gasteiger partial charge >= 0.3 is 11.2 Å². The van der Waals surface area contributed by atoms with Crippen LogP contribution in [0.15, 0.2) is 41.6 Å².